The molecule has 3 aromatic rings. The van der Waals surface area contributed by atoms with Crippen LogP contribution in [0.4, 0.5) is 13.2 Å². The summed E-state index contributed by atoms with van der Waals surface area (Å²) >= 11 is 6.58. The molecule has 202 valence electrons. The molecule has 1 atom stereocenters. The molecule has 1 fully saturated rings. The first-order chi connectivity index (χ1) is 18.0. The van der Waals surface area contributed by atoms with E-state index in [2.05, 4.69) is 9.88 Å². The molecule has 1 unspecified atom stereocenters. The number of nitrogens with zero attached hydrogens (tertiary/aromatic N) is 4. The summed E-state index contributed by atoms with van der Waals surface area (Å²) in [7, 11) is 3.26. The Balaban J connectivity index is 1.36. The number of aromatic nitrogens is 2. The van der Waals surface area contributed by atoms with E-state index in [0.717, 1.165) is 28.7 Å². The van der Waals surface area contributed by atoms with Crippen LogP contribution < -0.4 is 5.56 Å². The fourth-order valence-electron chi connectivity index (χ4n) is 5.61. The van der Waals surface area contributed by atoms with Crippen molar-refractivity contribution < 1.29 is 22.7 Å². The third kappa shape index (κ3) is 4.92. The Hall–Kier alpha value is -2.95. The Bertz CT molecular complexity index is 1460. The Labute approximate surface area is 222 Å². The smallest absolute Gasteiger partial charge is 0.384 e. The topological polar surface area (TPSA) is 67.7 Å². The van der Waals surface area contributed by atoms with Gasteiger partial charge >= 0.3 is 6.18 Å². The molecule has 1 aromatic carbocycles. The molecule has 0 N–H and O–H groups in total. The van der Waals surface area contributed by atoms with Gasteiger partial charge in [-0.05, 0) is 53.7 Å². The second kappa shape index (κ2) is 9.98. The molecule has 1 saturated heterocycles. The largest absolute Gasteiger partial charge is 0.417 e. The maximum Gasteiger partial charge on any atom is 0.417 e. The second-order valence-electron chi connectivity index (χ2n) is 10.2. The van der Waals surface area contributed by atoms with Crippen LogP contribution in [-0.4, -0.2) is 58.6 Å². The van der Waals surface area contributed by atoms with Crippen LogP contribution in [-0.2, 0) is 42.3 Å². The molecule has 38 heavy (non-hydrogen) atoms. The van der Waals surface area contributed by atoms with E-state index in [1.54, 1.807) is 29.7 Å². The van der Waals surface area contributed by atoms with Gasteiger partial charge in [-0.25, -0.2) is 0 Å². The number of hydrogen-bond acceptors (Lipinski definition) is 5. The number of carbonyl (C=O) groups is 1. The molecule has 0 bridgehead atoms. The number of carbonyl (C=O) groups excluding carboxylic acids is 1. The monoisotopic (exact) mass is 548 g/mol. The number of amides is 1. The highest BCUT2D eigenvalue weighted by Crippen LogP contribution is 2.37. The lowest BCUT2D eigenvalue weighted by Gasteiger charge is -2.36. The molecule has 2 aromatic heterocycles. The van der Waals surface area contributed by atoms with E-state index in [1.165, 1.54) is 6.07 Å². The normalized spacial score (nSPS) is 20.2. The minimum Gasteiger partial charge on any atom is -0.384 e. The Morgan fingerprint density at radius 3 is 2.74 bits per heavy atom. The van der Waals surface area contributed by atoms with Crippen LogP contribution in [0.15, 0.2) is 41.3 Å². The van der Waals surface area contributed by atoms with Gasteiger partial charge in [0.2, 0.25) is 5.91 Å². The first-order valence-electron chi connectivity index (χ1n) is 12.3. The Morgan fingerprint density at radius 1 is 1.21 bits per heavy atom. The zero-order chi connectivity index (χ0) is 27.2. The third-order valence-electron chi connectivity index (χ3n) is 7.65. The van der Waals surface area contributed by atoms with Crippen molar-refractivity contribution in [2.24, 2.45) is 12.5 Å². The highest BCUT2D eigenvalue weighted by atomic mass is 35.5. The molecule has 2 aliphatic rings. The minimum atomic E-state index is -4.49. The fourth-order valence-corrected chi connectivity index (χ4v) is 5.84. The molecule has 7 nitrogen and oxygen atoms in total. The maximum absolute atomic E-state index is 13.8. The second-order valence-corrected chi connectivity index (χ2v) is 10.6. The average Bonchev–Trinajstić information content (AvgIpc) is 3.29. The van der Waals surface area contributed by atoms with E-state index in [9.17, 15) is 22.8 Å². The van der Waals surface area contributed by atoms with Gasteiger partial charge in [0.1, 0.15) is 0 Å². The van der Waals surface area contributed by atoms with Gasteiger partial charge < -0.3 is 14.2 Å². The summed E-state index contributed by atoms with van der Waals surface area (Å²) in [5, 5.41) is 1.44. The van der Waals surface area contributed by atoms with Crippen LogP contribution in [0.3, 0.4) is 0 Å². The predicted octanol–water partition coefficient (Wildman–Crippen LogP) is 4.03. The van der Waals surface area contributed by atoms with Gasteiger partial charge in [-0.1, -0.05) is 11.6 Å². The van der Waals surface area contributed by atoms with Crippen molar-refractivity contribution in [1.82, 2.24) is 19.4 Å². The van der Waals surface area contributed by atoms with Crippen LogP contribution >= 0.6 is 11.6 Å². The summed E-state index contributed by atoms with van der Waals surface area (Å²) in [4.78, 5) is 33.7. The van der Waals surface area contributed by atoms with Crippen LogP contribution in [0.1, 0.15) is 28.8 Å². The number of alkyl halides is 3. The van der Waals surface area contributed by atoms with Gasteiger partial charge in [-0.2, -0.15) is 13.2 Å². The van der Waals surface area contributed by atoms with Crippen LogP contribution in [0.2, 0.25) is 5.02 Å². The molecule has 0 aliphatic carbocycles. The number of methoxy groups -OCH3 is 1. The standard InChI is InChI=1S/C27H28ClF3N4O3/c1-33-23-11-18(21(28)10-17(23)3-4-24(33)36)13-34-8-6-26(15-34,16-38-2)25(37)35-7-5-22-19(14-35)9-20(12-32-22)27(29,30)31/h3-4,9-12H,5-8,13-16H2,1-2H3. The first-order valence-corrected chi connectivity index (χ1v) is 12.7. The Morgan fingerprint density at radius 2 is 2.00 bits per heavy atom. The van der Waals surface area contributed by atoms with Crippen molar-refractivity contribution in [1.29, 1.82) is 0 Å². The number of pyridine rings is 2. The van der Waals surface area contributed by atoms with E-state index in [1.807, 2.05) is 12.1 Å². The number of fused-ring (bicyclic) bond motifs is 2. The van der Waals surface area contributed by atoms with E-state index >= 15 is 0 Å². The maximum atomic E-state index is 13.8. The number of hydrogen-bond donors (Lipinski definition) is 0. The molecular weight excluding hydrogens is 521 g/mol. The van der Waals surface area contributed by atoms with Gasteiger partial charge in [0.25, 0.3) is 5.56 Å². The van der Waals surface area contributed by atoms with Gasteiger partial charge in [-0.15, -0.1) is 0 Å². The molecule has 5 rings (SSSR count). The SMILES string of the molecule is COCC1(C(=O)N2CCc3ncc(C(F)(F)F)cc3C2)CCN(Cc2cc3c(ccc(=O)n3C)cc2Cl)C1. The van der Waals surface area contributed by atoms with E-state index in [-0.39, 0.29) is 24.6 Å². The number of likely N-dealkylation sites (tertiary alicyclic amines) is 1. The van der Waals surface area contributed by atoms with Crippen molar-refractivity contribution >= 4 is 28.4 Å². The summed E-state index contributed by atoms with van der Waals surface area (Å²) < 4.78 is 46.7. The molecule has 0 saturated carbocycles. The highest BCUT2D eigenvalue weighted by Gasteiger charge is 2.47. The molecule has 2 aliphatic heterocycles. The zero-order valence-electron chi connectivity index (χ0n) is 21.1. The molecular formula is C27H28ClF3N4O3. The van der Waals surface area contributed by atoms with Crippen LogP contribution in [0.25, 0.3) is 10.9 Å². The zero-order valence-corrected chi connectivity index (χ0v) is 21.9. The van der Waals surface area contributed by atoms with Crippen LogP contribution in [0.5, 0.6) is 0 Å². The summed E-state index contributed by atoms with van der Waals surface area (Å²) in [6, 6.07) is 8.09. The number of ether oxygens (including phenoxy) is 1. The third-order valence-corrected chi connectivity index (χ3v) is 8.00. The highest BCUT2D eigenvalue weighted by molar-refractivity contribution is 6.32. The van der Waals surface area contributed by atoms with Gasteiger partial charge in [0.05, 0.1) is 23.1 Å². The van der Waals surface area contributed by atoms with Crippen molar-refractivity contribution in [2.45, 2.75) is 32.1 Å². The van der Waals surface area contributed by atoms with Gasteiger partial charge in [-0.3, -0.25) is 19.5 Å². The fraction of sp³-hybridized carbons (Fsp3) is 0.444. The molecule has 4 heterocycles. The summed E-state index contributed by atoms with van der Waals surface area (Å²) in [6.45, 7) is 2.21. The lowest BCUT2D eigenvalue weighted by molar-refractivity contribution is -0.145. The van der Waals surface area contributed by atoms with Crippen molar-refractivity contribution in [3.63, 3.8) is 0 Å². The van der Waals surface area contributed by atoms with Gasteiger partial charge in [0, 0.05) is 69.7 Å². The van der Waals surface area contributed by atoms with E-state index < -0.39 is 17.2 Å². The molecule has 1 amide bonds. The summed E-state index contributed by atoms with van der Waals surface area (Å²) in [5.74, 6) is -0.128. The molecule has 0 spiro atoms. The molecule has 0 radical (unpaired) electrons. The van der Waals surface area contributed by atoms with E-state index in [4.69, 9.17) is 16.3 Å². The van der Waals surface area contributed by atoms with Crippen molar-refractivity contribution in [3.8, 4) is 0 Å². The van der Waals surface area contributed by atoms with Crippen molar-refractivity contribution in [3.05, 3.63) is 74.3 Å². The summed E-state index contributed by atoms with van der Waals surface area (Å²) in [5.41, 5.74) is 0.892. The van der Waals surface area contributed by atoms with Gasteiger partial charge in [0.15, 0.2) is 0 Å². The lowest BCUT2D eigenvalue weighted by atomic mass is 9.85. The predicted molar refractivity (Wildman–Crippen MR) is 137 cm³/mol. The number of benzene rings is 1. The minimum absolute atomic E-state index is 0.0844. The molecule has 11 heteroatoms. The van der Waals surface area contributed by atoms with Crippen molar-refractivity contribution in [2.75, 3.05) is 33.4 Å². The quantitative estimate of drug-likeness (QED) is 0.482. The number of aryl methyl sites for hydroxylation is 1. The number of rotatable bonds is 5. The first kappa shape index (κ1) is 26.6. The lowest BCUT2D eigenvalue weighted by Crippen LogP contribution is -2.49. The number of halogens is 4. The van der Waals surface area contributed by atoms with Crippen LogP contribution in [0, 0.1) is 5.41 Å². The summed E-state index contributed by atoms with van der Waals surface area (Å²) in [6.07, 6.45) is -2.69. The Kier molecular flexibility index (Phi) is 7.00. The van der Waals surface area contributed by atoms with E-state index in [0.29, 0.717) is 55.3 Å². The average molecular weight is 549 g/mol.